The highest BCUT2D eigenvalue weighted by molar-refractivity contribution is 9.10. The maximum Gasteiger partial charge on any atom is 0.140 e. The van der Waals surface area contributed by atoms with Gasteiger partial charge in [-0.15, -0.1) is 0 Å². The minimum absolute atomic E-state index is 0.396. The summed E-state index contributed by atoms with van der Waals surface area (Å²) in [5, 5.41) is 12.7. The molecule has 0 aliphatic heterocycles. The van der Waals surface area contributed by atoms with Gasteiger partial charge in [0.1, 0.15) is 6.04 Å². The van der Waals surface area contributed by atoms with Crippen LogP contribution in [0.3, 0.4) is 0 Å². The molecule has 1 atom stereocenters. The van der Waals surface area contributed by atoms with Crippen molar-refractivity contribution in [2.75, 3.05) is 5.32 Å². The smallest absolute Gasteiger partial charge is 0.140 e. The zero-order valence-electron chi connectivity index (χ0n) is 12.6. The lowest BCUT2D eigenvalue weighted by atomic mass is 10.1. The van der Waals surface area contributed by atoms with E-state index < -0.39 is 6.04 Å². The summed E-state index contributed by atoms with van der Waals surface area (Å²) in [6, 6.07) is 15.8. The Balaban J connectivity index is 1.80. The first kappa shape index (κ1) is 15.3. The molecule has 0 amide bonds. The minimum Gasteiger partial charge on any atom is -0.366 e. The number of nitriles is 1. The van der Waals surface area contributed by atoms with Crippen LogP contribution in [-0.2, 0) is 0 Å². The number of rotatable bonds is 4. The Kier molecular flexibility index (Phi) is 4.45. The number of aryl methyl sites for hydroxylation is 1. The molecule has 114 valence electrons. The molecule has 0 saturated carbocycles. The first-order chi connectivity index (χ1) is 11.2. The first-order valence-corrected chi connectivity index (χ1v) is 7.97. The monoisotopic (exact) mass is 366 g/mol. The molecule has 1 heterocycles. The fourth-order valence-corrected chi connectivity index (χ4v) is 2.59. The number of nitrogens with zero attached hydrogens (tertiary/aromatic N) is 3. The second-order valence-electron chi connectivity index (χ2n) is 5.23. The average molecular weight is 367 g/mol. The molecule has 0 unspecified atom stereocenters. The summed E-state index contributed by atoms with van der Waals surface area (Å²) >= 11 is 3.48. The van der Waals surface area contributed by atoms with Gasteiger partial charge in [0.05, 0.1) is 12.4 Å². The van der Waals surface area contributed by atoms with Crippen molar-refractivity contribution in [2.45, 2.75) is 13.0 Å². The van der Waals surface area contributed by atoms with Crippen molar-refractivity contribution in [1.29, 1.82) is 5.26 Å². The Morgan fingerprint density at radius 2 is 2.00 bits per heavy atom. The Labute approximate surface area is 143 Å². The van der Waals surface area contributed by atoms with Crippen LogP contribution in [0.15, 0.2) is 65.7 Å². The Hall–Kier alpha value is -2.58. The van der Waals surface area contributed by atoms with Gasteiger partial charge in [0.15, 0.2) is 0 Å². The summed E-state index contributed by atoms with van der Waals surface area (Å²) in [5.41, 5.74) is 4.00. The van der Waals surface area contributed by atoms with E-state index in [0.717, 1.165) is 27.0 Å². The van der Waals surface area contributed by atoms with E-state index in [1.807, 2.05) is 60.2 Å². The van der Waals surface area contributed by atoms with Crippen LogP contribution in [0, 0.1) is 18.3 Å². The van der Waals surface area contributed by atoms with Gasteiger partial charge >= 0.3 is 0 Å². The molecule has 0 spiro atoms. The summed E-state index contributed by atoms with van der Waals surface area (Å²) in [4.78, 5) is 4.04. The molecule has 0 aliphatic rings. The largest absolute Gasteiger partial charge is 0.366 e. The molecule has 23 heavy (non-hydrogen) atoms. The van der Waals surface area contributed by atoms with Crippen LogP contribution < -0.4 is 5.32 Å². The molecular formula is C18H15BrN4. The van der Waals surface area contributed by atoms with Crippen molar-refractivity contribution in [3.8, 4) is 11.8 Å². The molecule has 1 aromatic heterocycles. The van der Waals surface area contributed by atoms with E-state index in [9.17, 15) is 5.26 Å². The molecule has 4 nitrogen and oxygen atoms in total. The molecule has 0 saturated heterocycles. The predicted octanol–water partition coefficient (Wildman–Crippen LogP) is 4.62. The molecule has 0 bridgehead atoms. The van der Waals surface area contributed by atoms with Gasteiger partial charge in [0.2, 0.25) is 0 Å². The minimum atomic E-state index is -0.396. The van der Waals surface area contributed by atoms with Crippen LogP contribution in [0.2, 0.25) is 0 Å². The third-order valence-corrected chi connectivity index (χ3v) is 4.52. The highest BCUT2D eigenvalue weighted by atomic mass is 79.9. The molecular weight excluding hydrogens is 352 g/mol. The SMILES string of the molecule is Cc1cc(N[C@H](C#N)c2ccc(-n3ccnc3)cc2)ccc1Br. The van der Waals surface area contributed by atoms with Gasteiger partial charge in [0, 0.05) is 28.2 Å². The standard InChI is InChI=1S/C18H15BrN4/c1-13-10-15(4-7-17(13)19)22-18(11-20)14-2-5-16(6-3-14)23-9-8-21-12-23/h2-10,12,18,22H,1H3/t18-/m1/s1. The van der Waals surface area contributed by atoms with E-state index in [1.165, 1.54) is 0 Å². The van der Waals surface area contributed by atoms with Crippen molar-refractivity contribution in [2.24, 2.45) is 0 Å². The maximum atomic E-state index is 9.48. The van der Waals surface area contributed by atoms with Crippen LogP contribution in [0.4, 0.5) is 5.69 Å². The number of aromatic nitrogens is 2. The topological polar surface area (TPSA) is 53.6 Å². The van der Waals surface area contributed by atoms with E-state index in [2.05, 4.69) is 32.3 Å². The van der Waals surface area contributed by atoms with E-state index in [0.29, 0.717) is 0 Å². The lowest BCUT2D eigenvalue weighted by Crippen LogP contribution is -2.08. The van der Waals surface area contributed by atoms with Gasteiger partial charge in [-0.05, 0) is 48.4 Å². The van der Waals surface area contributed by atoms with Crippen LogP contribution in [0.25, 0.3) is 5.69 Å². The lowest BCUT2D eigenvalue weighted by Gasteiger charge is -2.15. The molecule has 3 rings (SSSR count). The first-order valence-electron chi connectivity index (χ1n) is 7.18. The lowest BCUT2D eigenvalue weighted by molar-refractivity contribution is 0.987. The second-order valence-corrected chi connectivity index (χ2v) is 6.09. The van der Waals surface area contributed by atoms with Gasteiger partial charge in [-0.3, -0.25) is 0 Å². The van der Waals surface area contributed by atoms with Crippen molar-refractivity contribution < 1.29 is 0 Å². The predicted molar refractivity (Wildman–Crippen MR) is 94.4 cm³/mol. The number of halogens is 1. The Morgan fingerprint density at radius 1 is 1.22 bits per heavy atom. The summed E-state index contributed by atoms with van der Waals surface area (Å²) < 4.78 is 2.98. The van der Waals surface area contributed by atoms with Gasteiger partial charge in [0.25, 0.3) is 0 Å². The zero-order chi connectivity index (χ0) is 16.2. The van der Waals surface area contributed by atoms with E-state index in [4.69, 9.17) is 0 Å². The van der Waals surface area contributed by atoms with Crippen LogP contribution in [0.1, 0.15) is 17.2 Å². The van der Waals surface area contributed by atoms with Crippen LogP contribution in [-0.4, -0.2) is 9.55 Å². The summed E-state index contributed by atoms with van der Waals surface area (Å²) in [5.74, 6) is 0. The van der Waals surface area contributed by atoms with Crippen LogP contribution in [0.5, 0.6) is 0 Å². The molecule has 1 N–H and O–H groups in total. The molecule has 2 aromatic carbocycles. The normalized spacial score (nSPS) is 11.7. The van der Waals surface area contributed by atoms with Gasteiger partial charge in [-0.25, -0.2) is 4.98 Å². The number of hydrogen-bond acceptors (Lipinski definition) is 3. The average Bonchev–Trinajstić information content (AvgIpc) is 3.10. The third kappa shape index (κ3) is 3.43. The third-order valence-electron chi connectivity index (χ3n) is 3.63. The fourth-order valence-electron chi connectivity index (χ4n) is 2.34. The van der Waals surface area contributed by atoms with Crippen molar-refractivity contribution in [3.63, 3.8) is 0 Å². The molecule has 3 aromatic rings. The Bertz CT molecular complexity index is 832. The van der Waals surface area contributed by atoms with Gasteiger partial charge in [-0.2, -0.15) is 5.26 Å². The number of hydrogen-bond donors (Lipinski definition) is 1. The molecule has 0 aliphatic carbocycles. The van der Waals surface area contributed by atoms with E-state index in [-0.39, 0.29) is 0 Å². The second kappa shape index (κ2) is 6.67. The van der Waals surface area contributed by atoms with Gasteiger partial charge < -0.3 is 9.88 Å². The quantitative estimate of drug-likeness (QED) is 0.732. The molecule has 0 radical (unpaired) electrons. The highest BCUT2D eigenvalue weighted by Crippen LogP contribution is 2.24. The number of anilines is 1. The molecule has 5 heteroatoms. The van der Waals surface area contributed by atoms with Crippen LogP contribution >= 0.6 is 15.9 Å². The van der Waals surface area contributed by atoms with Gasteiger partial charge in [-0.1, -0.05) is 28.1 Å². The summed E-state index contributed by atoms with van der Waals surface area (Å²) in [6.07, 6.45) is 5.38. The number of benzene rings is 2. The highest BCUT2D eigenvalue weighted by Gasteiger charge is 2.11. The number of nitrogens with one attached hydrogen (secondary N) is 1. The summed E-state index contributed by atoms with van der Waals surface area (Å²) in [6.45, 7) is 2.02. The number of imidazole rings is 1. The Morgan fingerprint density at radius 3 is 2.61 bits per heavy atom. The maximum absolute atomic E-state index is 9.48. The summed E-state index contributed by atoms with van der Waals surface area (Å²) in [7, 11) is 0. The van der Waals surface area contributed by atoms with Crippen molar-refractivity contribution >= 4 is 21.6 Å². The zero-order valence-corrected chi connectivity index (χ0v) is 14.2. The van der Waals surface area contributed by atoms with E-state index in [1.54, 1.807) is 12.5 Å². The van der Waals surface area contributed by atoms with Crippen molar-refractivity contribution in [3.05, 3.63) is 76.8 Å². The molecule has 0 fully saturated rings. The van der Waals surface area contributed by atoms with Crippen molar-refractivity contribution in [1.82, 2.24) is 9.55 Å². The van der Waals surface area contributed by atoms with E-state index >= 15 is 0 Å². The fraction of sp³-hybridized carbons (Fsp3) is 0.111.